The number of amides is 3. The van der Waals surface area contributed by atoms with Crippen LogP contribution in [0.25, 0.3) is 6.08 Å². The van der Waals surface area contributed by atoms with Gasteiger partial charge in [0.25, 0.3) is 11.1 Å². The van der Waals surface area contributed by atoms with E-state index in [1.165, 1.54) is 0 Å². The maximum Gasteiger partial charge on any atom is 0.294 e. The van der Waals surface area contributed by atoms with E-state index in [4.69, 9.17) is 9.47 Å². The number of carbonyl (C=O) groups excluding carboxylic acids is 3. The van der Waals surface area contributed by atoms with Crippen molar-refractivity contribution in [2.45, 2.75) is 40.5 Å². The molecular weight excluding hydrogens is 404 g/mol. The van der Waals surface area contributed by atoms with Gasteiger partial charge in [-0.25, -0.2) is 0 Å². The van der Waals surface area contributed by atoms with Gasteiger partial charge in [-0.1, -0.05) is 13.8 Å². The first-order chi connectivity index (χ1) is 14.4. The first-order valence-corrected chi connectivity index (χ1v) is 11.0. The molecule has 1 aliphatic heterocycles. The van der Waals surface area contributed by atoms with Gasteiger partial charge in [0.05, 0.1) is 18.6 Å². The molecule has 164 valence electrons. The predicted octanol–water partition coefficient (Wildman–Crippen LogP) is 4.09. The van der Waals surface area contributed by atoms with Gasteiger partial charge in [0.2, 0.25) is 5.91 Å². The van der Waals surface area contributed by atoms with Gasteiger partial charge in [0.1, 0.15) is 6.54 Å². The van der Waals surface area contributed by atoms with Crippen LogP contribution in [0.5, 0.6) is 11.5 Å². The highest BCUT2D eigenvalue weighted by Crippen LogP contribution is 2.36. The van der Waals surface area contributed by atoms with Gasteiger partial charge >= 0.3 is 0 Å². The lowest BCUT2D eigenvalue weighted by molar-refractivity contribution is -0.135. The number of nitrogens with zero attached hydrogens (tertiary/aromatic N) is 2. The van der Waals surface area contributed by atoms with Crippen molar-refractivity contribution >= 4 is 34.9 Å². The van der Waals surface area contributed by atoms with Crippen LogP contribution in [-0.4, -0.2) is 60.2 Å². The standard InChI is InChI=1S/C22H30N2O5S/c1-6-9-23(10-7-2)20(25)14-24-21(26)19(30-22(24)27)13-16-12-18(29-8-3)17(28-5)11-15(16)4/h11-13H,6-10,14H2,1-5H3/b19-13-. The van der Waals surface area contributed by atoms with E-state index in [2.05, 4.69) is 0 Å². The number of benzene rings is 1. The Balaban J connectivity index is 2.24. The zero-order valence-electron chi connectivity index (χ0n) is 18.3. The molecule has 1 saturated heterocycles. The van der Waals surface area contributed by atoms with Crippen LogP contribution >= 0.6 is 11.8 Å². The van der Waals surface area contributed by atoms with Crippen molar-refractivity contribution in [2.75, 3.05) is 33.4 Å². The summed E-state index contributed by atoms with van der Waals surface area (Å²) >= 11 is 0.851. The number of ether oxygens (including phenoxy) is 2. The monoisotopic (exact) mass is 434 g/mol. The summed E-state index contributed by atoms with van der Waals surface area (Å²) in [6.45, 7) is 9.23. The number of aryl methyl sites for hydroxylation is 1. The van der Waals surface area contributed by atoms with Crippen LogP contribution in [0.2, 0.25) is 0 Å². The molecule has 30 heavy (non-hydrogen) atoms. The van der Waals surface area contributed by atoms with Gasteiger partial charge in [0, 0.05) is 13.1 Å². The van der Waals surface area contributed by atoms with E-state index in [1.807, 2.05) is 33.8 Å². The summed E-state index contributed by atoms with van der Waals surface area (Å²) < 4.78 is 11.0. The second kappa shape index (κ2) is 11.1. The van der Waals surface area contributed by atoms with Gasteiger partial charge < -0.3 is 14.4 Å². The van der Waals surface area contributed by atoms with Crippen molar-refractivity contribution < 1.29 is 23.9 Å². The summed E-state index contributed by atoms with van der Waals surface area (Å²) in [6, 6.07) is 3.62. The van der Waals surface area contributed by atoms with Crippen molar-refractivity contribution in [3.8, 4) is 11.5 Å². The SMILES string of the molecule is CCCN(CCC)C(=O)CN1C(=O)S/C(=C\c2cc(OCC)c(OC)cc2C)C1=O. The normalized spacial score (nSPS) is 15.1. The molecule has 2 rings (SSSR count). The Morgan fingerprint density at radius 1 is 1.13 bits per heavy atom. The van der Waals surface area contributed by atoms with Crippen LogP contribution in [0.1, 0.15) is 44.7 Å². The Kier molecular flexibility index (Phi) is 8.77. The number of thioether (sulfide) groups is 1. The lowest BCUT2D eigenvalue weighted by atomic mass is 10.1. The van der Waals surface area contributed by atoms with E-state index in [0.29, 0.717) is 36.1 Å². The molecule has 0 N–H and O–H groups in total. The third kappa shape index (κ3) is 5.56. The van der Waals surface area contributed by atoms with Crippen LogP contribution in [0, 0.1) is 6.92 Å². The fourth-order valence-electron chi connectivity index (χ4n) is 3.17. The second-order valence-electron chi connectivity index (χ2n) is 6.94. The summed E-state index contributed by atoms with van der Waals surface area (Å²) in [5, 5.41) is -0.427. The molecule has 3 amide bonds. The molecule has 7 nitrogen and oxygen atoms in total. The quantitative estimate of drug-likeness (QED) is 0.517. The Hall–Kier alpha value is -2.48. The Morgan fingerprint density at radius 3 is 2.37 bits per heavy atom. The van der Waals surface area contributed by atoms with Crippen LogP contribution in [-0.2, 0) is 9.59 Å². The zero-order valence-corrected chi connectivity index (χ0v) is 19.1. The van der Waals surface area contributed by atoms with Crippen LogP contribution < -0.4 is 9.47 Å². The maximum absolute atomic E-state index is 12.8. The second-order valence-corrected chi connectivity index (χ2v) is 7.93. The molecule has 0 aliphatic carbocycles. The average molecular weight is 435 g/mol. The van der Waals surface area contributed by atoms with E-state index < -0.39 is 11.1 Å². The van der Waals surface area contributed by atoms with Crippen LogP contribution in [0.3, 0.4) is 0 Å². The zero-order chi connectivity index (χ0) is 22.3. The highest BCUT2D eigenvalue weighted by Gasteiger charge is 2.37. The lowest BCUT2D eigenvalue weighted by Crippen LogP contribution is -2.42. The number of carbonyl (C=O) groups is 3. The number of hydrogen-bond acceptors (Lipinski definition) is 6. The number of hydrogen-bond donors (Lipinski definition) is 0. The molecular formula is C22H30N2O5S. The summed E-state index contributed by atoms with van der Waals surface area (Å²) in [5.74, 6) is 0.527. The molecule has 0 unspecified atom stereocenters. The minimum absolute atomic E-state index is 0.207. The van der Waals surface area contributed by atoms with E-state index >= 15 is 0 Å². The minimum Gasteiger partial charge on any atom is -0.493 e. The van der Waals surface area contributed by atoms with Crippen molar-refractivity contribution in [1.29, 1.82) is 0 Å². The summed E-state index contributed by atoms with van der Waals surface area (Å²) in [7, 11) is 1.57. The lowest BCUT2D eigenvalue weighted by Gasteiger charge is -2.23. The minimum atomic E-state index is -0.445. The Labute approximate surface area is 182 Å². The highest BCUT2D eigenvalue weighted by molar-refractivity contribution is 8.18. The summed E-state index contributed by atoms with van der Waals surface area (Å²) in [5.41, 5.74) is 1.64. The number of rotatable bonds is 10. The molecule has 8 heteroatoms. The molecule has 0 saturated carbocycles. The average Bonchev–Trinajstić information content (AvgIpc) is 2.97. The number of methoxy groups -OCH3 is 1. The largest absolute Gasteiger partial charge is 0.493 e. The van der Waals surface area contributed by atoms with Gasteiger partial charge in [0.15, 0.2) is 11.5 Å². The third-order valence-corrected chi connectivity index (χ3v) is 5.55. The fourth-order valence-corrected chi connectivity index (χ4v) is 4.00. The smallest absolute Gasteiger partial charge is 0.294 e. The van der Waals surface area contributed by atoms with Crippen LogP contribution in [0.15, 0.2) is 17.0 Å². The van der Waals surface area contributed by atoms with Crippen molar-refractivity contribution in [2.24, 2.45) is 0 Å². The molecule has 1 aromatic carbocycles. The Bertz CT molecular complexity index is 831. The van der Waals surface area contributed by atoms with Gasteiger partial charge in [-0.3, -0.25) is 19.3 Å². The molecule has 1 aliphatic rings. The first kappa shape index (κ1) is 23.8. The van der Waals surface area contributed by atoms with Gasteiger partial charge in [-0.2, -0.15) is 0 Å². The van der Waals surface area contributed by atoms with E-state index in [1.54, 1.807) is 24.2 Å². The molecule has 0 spiro atoms. The number of imide groups is 1. The summed E-state index contributed by atoms with van der Waals surface area (Å²) in [6.07, 6.45) is 3.32. The molecule has 1 heterocycles. The van der Waals surface area contributed by atoms with E-state index in [0.717, 1.165) is 40.6 Å². The van der Waals surface area contributed by atoms with Crippen LogP contribution in [0.4, 0.5) is 4.79 Å². The molecule has 1 aromatic rings. The van der Waals surface area contributed by atoms with Crippen molar-refractivity contribution in [3.05, 3.63) is 28.2 Å². The van der Waals surface area contributed by atoms with Crippen molar-refractivity contribution in [1.82, 2.24) is 9.80 Å². The fraction of sp³-hybridized carbons (Fsp3) is 0.500. The van der Waals surface area contributed by atoms with Gasteiger partial charge in [-0.05, 0) is 67.8 Å². The van der Waals surface area contributed by atoms with Crippen molar-refractivity contribution in [3.63, 3.8) is 0 Å². The molecule has 0 radical (unpaired) electrons. The molecule has 0 bridgehead atoms. The molecule has 1 fully saturated rings. The Morgan fingerprint density at radius 2 is 1.80 bits per heavy atom. The molecule has 0 aromatic heterocycles. The first-order valence-electron chi connectivity index (χ1n) is 10.2. The van der Waals surface area contributed by atoms with E-state index in [-0.39, 0.29) is 12.5 Å². The molecule has 0 atom stereocenters. The maximum atomic E-state index is 12.8. The van der Waals surface area contributed by atoms with Gasteiger partial charge in [-0.15, -0.1) is 0 Å². The highest BCUT2D eigenvalue weighted by atomic mass is 32.2. The topological polar surface area (TPSA) is 76.2 Å². The van der Waals surface area contributed by atoms with E-state index in [9.17, 15) is 14.4 Å². The summed E-state index contributed by atoms with van der Waals surface area (Å²) in [4.78, 5) is 40.9. The predicted molar refractivity (Wildman–Crippen MR) is 119 cm³/mol. The third-order valence-electron chi connectivity index (χ3n) is 4.65.